The van der Waals surface area contributed by atoms with Crippen LogP contribution in [0.4, 0.5) is 11.4 Å². The van der Waals surface area contributed by atoms with Crippen molar-refractivity contribution >= 4 is 58.9 Å². The van der Waals surface area contributed by atoms with Crippen molar-refractivity contribution in [3.8, 4) is 0 Å². The molecule has 0 aliphatic carbocycles. The molecule has 164 valence electrons. The number of carbonyl (C=O) groups is 3. The molecule has 0 aliphatic rings. The molecule has 2 rings (SSSR count). The van der Waals surface area contributed by atoms with Gasteiger partial charge in [-0.2, -0.15) is 0 Å². The Bertz CT molecular complexity index is 909. The lowest BCUT2D eigenvalue weighted by molar-refractivity contribution is -0.115. The number of halogens is 2. The first kappa shape index (κ1) is 25.1. The molecule has 3 amide bonds. The molecule has 6 N–H and O–H groups in total. The van der Waals surface area contributed by atoms with Crippen LogP contribution in [-0.2, 0) is 4.79 Å². The van der Waals surface area contributed by atoms with Crippen molar-refractivity contribution in [3.05, 3.63) is 35.9 Å². The van der Waals surface area contributed by atoms with Crippen LogP contribution < -0.4 is 16.0 Å². The van der Waals surface area contributed by atoms with Crippen LogP contribution in [0.2, 0.25) is 0 Å². The number of nitrogens with two attached hydrogens (primary N) is 1. The highest BCUT2D eigenvalue weighted by molar-refractivity contribution is 6.19. The van der Waals surface area contributed by atoms with Crippen molar-refractivity contribution in [2.24, 2.45) is 5.73 Å². The van der Waals surface area contributed by atoms with E-state index >= 15 is 0 Å². The maximum atomic E-state index is 12.7. The van der Waals surface area contributed by atoms with Crippen LogP contribution in [-0.4, -0.2) is 64.9 Å². The summed E-state index contributed by atoms with van der Waals surface area (Å²) < 4.78 is 0. The van der Waals surface area contributed by atoms with Gasteiger partial charge >= 0.3 is 0 Å². The summed E-state index contributed by atoms with van der Waals surface area (Å²) in [5.74, 6) is -0.642. The maximum absolute atomic E-state index is 12.7. The fourth-order valence-electron chi connectivity index (χ4n) is 2.49. The third kappa shape index (κ3) is 6.53. The third-order valence-corrected chi connectivity index (χ3v) is 4.36. The molecule has 12 heteroatoms. The van der Waals surface area contributed by atoms with Gasteiger partial charge in [-0.15, -0.1) is 24.0 Å². The molecule has 0 aliphatic heterocycles. The molecule has 0 aromatic carbocycles. The summed E-state index contributed by atoms with van der Waals surface area (Å²) in [7, 11) is 3.19. The van der Waals surface area contributed by atoms with Gasteiger partial charge in [0.05, 0.1) is 17.2 Å². The predicted octanol–water partition coefficient (Wildman–Crippen LogP) is 2.01. The van der Waals surface area contributed by atoms with Crippen LogP contribution in [0, 0.1) is 5.41 Å². The second-order valence-electron chi connectivity index (χ2n) is 6.43. The lowest BCUT2D eigenvalue weighted by Gasteiger charge is -2.16. The number of aromatic nitrogens is 2. The molecule has 0 unspecified atom stereocenters. The first-order valence-corrected chi connectivity index (χ1v) is 9.35. The quantitative estimate of drug-likeness (QED) is 0.222. The van der Waals surface area contributed by atoms with Crippen molar-refractivity contribution in [2.45, 2.75) is 12.8 Å². The molecule has 0 atom stereocenters. The van der Waals surface area contributed by atoms with Crippen molar-refractivity contribution in [3.63, 3.8) is 0 Å². The molecule has 0 saturated heterocycles. The second-order valence-corrected chi connectivity index (χ2v) is 6.80. The Morgan fingerprint density at radius 2 is 1.73 bits per heavy atom. The fourth-order valence-corrected chi connectivity index (χ4v) is 2.66. The number of hydrogen-bond donors (Lipinski definition) is 5. The molecule has 10 nitrogen and oxygen atoms in total. The molecule has 0 radical (unpaired) electrons. The Kier molecular flexibility index (Phi) is 9.41. The summed E-state index contributed by atoms with van der Waals surface area (Å²) in [6, 6.07) is 3.09. The number of aromatic amines is 2. The fraction of sp³-hybridized carbons (Fsp3) is 0.333. The van der Waals surface area contributed by atoms with Gasteiger partial charge in [0.1, 0.15) is 11.4 Å². The molecule has 0 spiro atoms. The molecule has 2 aromatic heterocycles. The summed E-state index contributed by atoms with van der Waals surface area (Å²) in [6.45, 7) is 0.317. The van der Waals surface area contributed by atoms with E-state index in [1.54, 1.807) is 26.4 Å². The standard InChI is InChI=1S/C18H24ClN7O3.ClH/c1-25(6-4-15(20)21)17(28)14-8-12(10-23-14)26(2)18(29)13-7-11(9-22-13)24-16(27)3-5-19;/h7-10,22-23H,3-6H2,1-2H3,(H3,20,21)(H,24,27);1H. The number of nitrogens with zero attached hydrogens (tertiary/aromatic N) is 2. The van der Waals surface area contributed by atoms with Crippen molar-refractivity contribution in [1.82, 2.24) is 14.9 Å². The van der Waals surface area contributed by atoms with E-state index in [1.165, 1.54) is 22.1 Å². The van der Waals surface area contributed by atoms with E-state index < -0.39 is 0 Å². The minimum absolute atomic E-state index is 0. The van der Waals surface area contributed by atoms with Crippen LogP contribution in [0.5, 0.6) is 0 Å². The molecule has 2 heterocycles. The molecule has 0 saturated carbocycles. The molecular formula is C18H25Cl2N7O3. The van der Waals surface area contributed by atoms with E-state index in [1.807, 2.05) is 0 Å². The zero-order valence-corrected chi connectivity index (χ0v) is 18.2. The normalized spacial score (nSPS) is 10.1. The molecular weight excluding hydrogens is 433 g/mol. The van der Waals surface area contributed by atoms with Crippen LogP contribution in [0.15, 0.2) is 24.5 Å². The van der Waals surface area contributed by atoms with Gasteiger partial charge in [-0.25, -0.2) is 0 Å². The van der Waals surface area contributed by atoms with Crippen molar-refractivity contribution < 1.29 is 14.4 Å². The molecule has 0 bridgehead atoms. The van der Waals surface area contributed by atoms with Crippen LogP contribution in [0.25, 0.3) is 0 Å². The lowest BCUT2D eigenvalue weighted by atomic mass is 10.3. The molecule has 2 aromatic rings. The summed E-state index contributed by atoms with van der Waals surface area (Å²) >= 11 is 5.53. The molecule has 0 fully saturated rings. The van der Waals surface area contributed by atoms with Crippen LogP contribution in [0.3, 0.4) is 0 Å². The Balaban J connectivity index is 0.00000450. The SMILES string of the molecule is CN(CCC(=N)N)C(=O)c1cc(N(C)C(=O)c2cc(NC(=O)CCCl)c[nH]2)c[nH]1.Cl. The first-order chi connectivity index (χ1) is 13.7. The number of H-pyrrole nitrogens is 2. The number of amidine groups is 1. The number of carbonyl (C=O) groups excluding carboxylic acids is 3. The van der Waals surface area contributed by atoms with Gasteiger partial charge in [0.15, 0.2) is 0 Å². The smallest absolute Gasteiger partial charge is 0.274 e. The predicted molar refractivity (Wildman–Crippen MR) is 119 cm³/mol. The highest BCUT2D eigenvalue weighted by Crippen LogP contribution is 2.19. The largest absolute Gasteiger partial charge is 0.388 e. The molecule has 30 heavy (non-hydrogen) atoms. The minimum Gasteiger partial charge on any atom is -0.388 e. The van der Waals surface area contributed by atoms with Gasteiger partial charge < -0.3 is 30.8 Å². The average Bonchev–Trinajstić information content (AvgIpc) is 3.34. The minimum atomic E-state index is -0.342. The number of nitrogens with one attached hydrogen (secondary N) is 4. The first-order valence-electron chi connectivity index (χ1n) is 8.82. The van der Waals surface area contributed by atoms with Gasteiger partial charge in [0.2, 0.25) is 5.91 Å². The number of alkyl halides is 1. The van der Waals surface area contributed by atoms with Gasteiger partial charge in [-0.3, -0.25) is 19.8 Å². The van der Waals surface area contributed by atoms with E-state index in [9.17, 15) is 14.4 Å². The van der Waals surface area contributed by atoms with Crippen molar-refractivity contribution in [2.75, 3.05) is 36.7 Å². The maximum Gasteiger partial charge on any atom is 0.274 e. The van der Waals surface area contributed by atoms with Gasteiger partial charge in [-0.05, 0) is 12.1 Å². The highest BCUT2D eigenvalue weighted by Gasteiger charge is 2.20. The number of amides is 3. The Hall–Kier alpha value is -2.98. The number of hydrogen-bond acceptors (Lipinski definition) is 4. The van der Waals surface area contributed by atoms with E-state index in [4.69, 9.17) is 22.7 Å². The van der Waals surface area contributed by atoms with E-state index in [0.29, 0.717) is 23.6 Å². The summed E-state index contributed by atoms with van der Waals surface area (Å²) in [4.78, 5) is 45.2. The topological polar surface area (TPSA) is 151 Å². The lowest BCUT2D eigenvalue weighted by Crippen LogP contribution is -2.30. The van der Waals surface area contributed by atoms with Gasteiger partial charge in [0.25, 0.3) is 11.8 Å². The Labute approximate surface area is 185 Å². The summed E-state index contributed by atoms with van der Waals surface area (Å²) in [5, 5.41) is 9.88. The van der Waals surface area contributed by atoms with E-state index in [2.05, 4.69) is 15.3 Å². The zero-order chi connectivity index (χ0) is 21.6. The number of anilines is 2. The monoisotopic (exact) mass is 457 g/mol. The van der Waals surface area contributed by atoms with Crippen molar-refractivity contribution in [1.29, 1.82) is 5.41 Å². The van der Waals surface area contributed by atoms with E-state index in [-0.39, 0.29) is 60.4 Å². The van der Waals surface area contributed by atoms with Crippen LogP contribution >= 0.6 is 24.0 Å². The Morgan fingerprint density at radius 1 is 1.10 bits per heavy atom. The number of rotatable bonds is 9. The second kappa shape index (κ2) is 11.3. The third-order valence-electron chi connectivity index (χ3n) is 4.17. The average molecular weight is 458 g/mol. The summed E-state index contributed by atoms with van der Waals surface area (Å²) in [6.07, 6.45) is 3.53. The van der Waals surface area contributed by atoms with Crippen LogP contribution in [0.1, 0.15) is 33.8 Å². The van der Waals surface area contributed by atoms with Gasteiger partial charge in [-0.1, -0.05) is 0 Å². The highest BCUT2D eigenvalue weighted by atomic mass is 35.5. The zero-order valence-electron chi connectivity index (χ0n) is 16.6. The van der Waals surface area contributed by atoms with Gasteiger partial charge in [0, 0.05) is 51.8 Å². The van der Waals surface area contributed by atoms with E-state index in [0.717, 1.165) is 0 Å². The summed E-state index contributed by atoms with van der Waals surface area (Å²) in [5.41, 5.74) is 6.87. The Morgan fingerprint density at radius 3 is 2.37 bits per heavy atom.